The lowest BCUT2D eigenvalue weighted by Crippen LogP contribution is -2.34. The molecule has 130 valence electrons. The van der Waals surface area contributed by atoms with Crippen LogP contribution in [-0.4, -0.2) is 41.3 Å². The lowest BCUT2D eigenvalue weighted by atomic mass is 10.0. The molecule has 0 unspecified atom stereocenters. The van der Waals surface area contributed by atoms with Crippen molar-refractivity contribution in [3.63, 3.8) is 0 Å². The Morgan fingerprint density at radius 1 is 1.29 bits per heavy atom. The van der Waals surface area contributed by atoms with Gasteiger partial charge in [-0.05, 0) is 34.1 Å². The van der Waals surface area contributed by atoms with Gasteiger partial charge in [0.05, 0.1) is 10.7 Å². The highest BCUT2D eigenvalue weighted by Crippen LogP contribution is 2.25. The van der Waals surface area contributed by atoms with Crippen molar-refractivity contribution in [1.29, 1.82) is 0 Å². The van der Waals surface area contributed by atoms with Crippen LogP contribution in [0, 0.1) is 6.92 Å². The normalized spacial score (nSPS) is 14.1. The van der Waals surface area contributed by atoms with Crippen molar-refractivity contribution < 1.29 is 19.1 Å². The number of nitrogens with one attached hydrogen (secondary N) is 2. The van der Waals surface area contributed by atoms with Crippen LogP contribution in [0.25, 0.3) is 0 Å². The van der Waals surface area contributed by atoms with E-state index >= 15 is 0 Å². The van der Waals surface area contributed by atoms with Crippen LogP contribution in [0.4, 0.5) is 4.79 Å². The number of ketones is 2. The van der Waals surface area contributed by atoms with Gasteiger partial charge in [0.25, 0.3) is 0 Å². The number of Topliss-reactive ketones (excluding diaryl/α,β-unsaturated/α-hetero) is 1. The number of rotatable bonds is 5. The molecular weight excluding hydrogens is 330 g/mol. The number of amides is 1. The summed E-state index contributed by atoms with van der Waals surface area (Å²) in [5.74, 6) is -0.473. The number of fused-ring (bicyclic) bond motifs is 1. The van der Waals surface area contributed by atoms with Gasteiger partial charge in [-0.15, -0.1) is 11.3 Å². The number of aryl methyl sites for hydroxylation is 1. The third-order valence-corrected chi connectivity index (χ3v) is 4.02. The summed E-state index contributed by atoms with van der Waals surface area (Å²) in [7, 11) is 0. The molecular formula is C16H21N3O4S. The molecule has 1 aromatic rings. The van der Waals surface area contributed by atoms with E-state index in [0.29, 0.717) is 29.4 Å². The van der Waals surface area contributed by atoms with Crippen molar-refractivity contribution >= 4 is 29.0 Å². The number of hydrogen-bond acceptors (Lipinski definition) is 7. The molecule has 1 amide bonds. The maximum Gasteiger partial charge on any atom is 0.407 e. The van der Waals surface area contributed by atoms with Gasteiger partial charge >= 0.3 is 6.09 Å². The average Bonchev–Trinajstić information content (AvgIpc) is 2.84. The molecule has 0 radical (unpaired) electrons. The summed E-state index contributed by atoms with van der Waals surface area (Å²) in [5, 5.41) is 6.26. The Morgan fingerprint density at radius 2 is 2.00 bits per heavy atom. The summed E-state index contributed by atoms with van der Waals surface area (Å²) in [4.78, 5) is 40.3. The van der Waals surface area contributed by atoms with Gasteiger partial charge in [-0.2, -0.15) is 0 Å². The number of aromatic nitrogens is 1. The highest BCUT2D eigenvalue weighted by Gasteiger charge is 2.29. The Kier molecular flexibility index (Phi) is 5.38. The smallest absolute Gasteiger partial charge is 0.407 e. The summed E-state index contributed by atoms with van der Waals surface area (Å²) >= 11 is 1.23. The molecule has 0 aromatic carbocycles. The molecule has 1 aliphatic carbocycles. The molecule has 24 heavy (non-hydrogen) atoms. The maximum atomic E-state index is 12.3. The SMILES string of the molecule is Cc1nc2c(s1)C(=O)C=C(NCCCNC(=O)OC(C)(C)C)C2=O. The summed E-state index contributed by atoms with van der Waals surface area (Å²) in [6.45, 7) is 7.98. The first-order valence-electron chi connectivity index (χ1n) is 7.66. The fraction of sp³-hybridized carbons (Fsp3) is 0.500. The van der Waals surface area contributed by atoms with Crippen molar-refractivity contribution in [2.45, 2.75) is 39.7 Å². The Morgan fingerprint density at radius 3 is 2.67 bits per heavy atom. The lowest BCUT2D eigenvalue weighted by Gasteiger charge is -2.19. The van der Waals surface area contributed by atoms with Crippen LogP contribution in [0.3, 0.4) is 0 Å². The van der Waals surface area contributed by atoms with E-state index in [0.717, 1.165) is 0 Å². The van der Waals surface area contributed by atoms with Gasteiger partial charge in [0.15, 0.2) is 5.78 Å². The summed E-state index contributed by atoms with van der Waals surface area (Å²) in [5.41, 5.74) is -0.0692. The van der Waals surface area contributed by atoms with E-state index in [1.807, 2.05) is 0 Å². The van der Waals surface area contributed by atoms with Crippen LogP contribution in [0.1, 0.15) is 52.4 Å². The number of alkyl carbamates (subject to hydrolysis) is 1. The summed E-state index contributed by atoms with van der Waals surface area (Å²) < 4.78 is 5.12. The first kappa shape index (κ1) is 18.1. The Hall–Kier alpha value is -2.22. The first-order chi connectivity index (χ1) is 11.2. The topological polar surface area (TPSA) is 97.4 Å². The van der Waals surface area contributed by atoms with Crippen molar-refractivity contribution in [3.8, 4) is 0 Å². The maximum absolute atomic E-state index is 12.3. The lowest BCUT2D eigenvalue weighted by molar-refractivity contribution is 0.0527. The number of nitrogens with zero attached hydrogens (tertiary/aromatic N) is 1. The molecule has 0 bridgehead atoms. The van der Waals surface area contributed by atoms with E-state index in [1.54, 1.807) is 27.7 Å². The zero-order chi connectivity index (χ0) is 17.9. The van der Waals surface area contributed by atoms with E-state index in [-0.39, 0.29) is 23.0 Å². The van der Waals surface area contributed by atoms with Crippen LogP contribution in [-0.2, 0) is 4.74 Å². The number of carbonyl (C=O) groups excluding carboxylic acids is 3. The predicted octanol–water partition coefficient (Wildman–Crippen LogP) is 2.22. The average molecular weight is 351 g/mol. The molecule has 0 atom stereocenters. The fourth-order valence-electron chi connectivity index (χ4n) is 2.09. The second-order valence-electron chi connectivity index (χ2n) is 6.37. The highest BCUT2D eigenvalue weighted by molar-refractivity contribution is 7.14. The highest BCUT2D eigenvalue weighted by atomic mass is 32.1. The van der Waals surface area contributed by atoms with Gasteiger partial charge in [0, 0.05) is 19.2 Å². The van der Waals surface area contributed by atoms with E-state index < -0.39 is 11.7 Å². The van der Waals surface area contributed by atoms with Crippen LogP contribution < -0.4 is 10.6 Å². The second-order valence-corrected chi connectivity index (χ2v) is 7.57. The predicted molar refractivity (Wildman–Crippen MR) is 90.5 cm³/mol. The molecule has 0 fully saturated rings. The van der Waals surface area contributed by atoms with Crippen molar-refractivity contribution in [3.05, 3.63) is 27.4 Å². The molecule has 0 spiro atoms. The van der Waals surface area contributed by atoms with Crippen molar-refractivity contribution in [2.75, 3.05) is 13.1 Å². The van der Waals surface area contributed by atoms with E-state index in [4.69, 9.17) is 4.74 Å². The molecule has 0 aliphatic heterocycles. The van der Waals surface area contributed by atoms with E-state index in [9.17, 15) is 14.4 Å². The Balaban J connectivity index is 1.78. The van der Waals surface area contributed by atoms with Gasteiger partial charge in [0.2, 0.25) is 5.78 Å². The molecule has 1 aliphatic rings. The van der Waals surface area contributed by atoms with E-state index in [2.05, 4.69) is 15.6 Å². The molecule has 2 rings (SSSR count). The van der Waals surface area contributed by atoms with Crippen LogP contribution in [0.5, 0.6) is 0 Å². The number of hydrogen-bond donors (Lipinski definition) is 2. The molecule has 7 nitrogen and oxygen atoms in total. The van der Waals surface area contributed by atoms with Crippen molar-refractivity contribution in [1.82, 2.24) is 15.6 Å². The molecule has 2 N–H and O–H groups in total. The summed E-state index contributed by atoms with van der Waals surface area (Å²) in [6.07, 6.45) is 1.41. The molecule has 0 saturated carbocycles. The zero-order valence-corrected chi connectivity index (χ0v) is 15.0. The summed E-state index contributed by atoms with van der Waals surface area (Å²) in [6, 6.07) is 0. The molecule has 1 heterocycles. The van der Waals surface area contributed by atoms with Crippen molar-refractivity contribution in [2.24, 2.45) is 0 Å². The minimum absolute atomic E-state index is 0.204. The van der Waals surface area contributed by atoms with Gasteiger partial charge < -0.3 is 15.4 Å². The second kappa shape index (κ2) is 7.12. The zero-order valence-electron chi connectivity index (χ0n) is 14.2. The minimum atomic E-state index is -0.536. The molecule has 8 heteroatoms. The number of ether oxygens (including phenoxy) is 1. The standard InChI is InChI=1S/C16H21N3O4S/c1-9-19-12-13(21)10(8-11(20)14(12)24-9)17-6-5-7-18-15(22)23-16(2,3)4/h8,17H,5-7H2,1-4H3,(H,18,22). The first-order valence-corrected chi connectivity index (χ1v) is 8.48. The third-order valence-electron chi connectivity index (χ3n) is 3.03. The van der Waals surface area contributed by atoms with Gasteiger partial charge in [-0.1, -0.05) is 0 Å². The fourth-order valence-corrected chi connectivity index (χ4v) is 2.91. The molecule has 1 aromatic heterocycles. The van der Waals surface area contributed by atoms with Crippen LogP contribution in [0.15, 0.2) is 11.8 Å². The molecule has 0 saturated heterocycles. The third kappa shape index (κ3) is 4.64. The van der Waals surface area contributed by atoms with Crippen LogP contribution in [0.2, 0.25) is 0 Å². The minimum Gasteiger partial charge on any atom is -0.444 e. The van der Waals surface area contributed by atoms with Gasteiger partial charge in [-0.3, -0.25) is 9.59 Å². The quantitative estimate of drug-likeness (QED) is 0.790. The number of allylic oxidation sites excluding steroid dienone is 2. The monoisotopic (exact) mass is 351 g/mol. The van der Waals surface area contributed by atoms with Crippen LogP contribution >= 0.6 is 11.3 Å². The number of thiazole rings is 1. The van der Waals surface area contributed by atoms with E-state index in [1.165, 1.54) is 17.4 Å². The van der Waals surface area contributed by atoms with Gasteiger partial charge in [-0.25, -0.2) is 9.78 Å². The largest absolute Gasteiger partial charge is 0.444 e. The number of carbonyl (C=O) groups is 3. The Labute approximate surface area is 144 Å². The Bertz CT molecular complexity index is 701. The van der Waals surface area contributed by atoms with Gasteiger partial charge in [0.1, 0.15) is 16.2 Å².